The Labute approximate surface area is 157 Å². The van der Waals surface area contributed by atoms with E-state index in [0.717, 1.165) is 28.7 Å². The van der Waals surface area contributed by atoms with E-state index in [0.29, 0.717) is 6.54 Å². The van der Waals surface area contributed by atoms with Crippen LogP contribution in [-0.4, -0.2) is 28.6 Å². The van der Waals surface area contributed by atoms with E-state index in [2.05, 4.69) is 68.7 Å². The van der Waals surface area contributed by atoms with Crippen LogP contribution in [0, 0.1) is 6.92 Å². The Morgan fingerprint density at radius 3 is 2.44 bits per heavy atom. The molecule has 2 aromatic rings. The van der Waals surface area contributed by atoms with E-state index in [-0.39, 0.29) is 0 Å². The third kappa shape index (κ3) is 3.02. The minimum Gasteiger partial charge on any atom is -0.346 e. The highest BCUT2D eigenvalue weighted by atomic mass is 79.9. The molecule has 0 bridgehead atoms. The van der Waals surface area contributed by atoms with E-state index in [1.165, 1.54) is 30.7 Å². The first-order chi connectivity index (χ1) is 12.1. The van der Waals surface area contributed by atoms with Crippen molar-refractivity contribution in [1.82, 2.24) is 0 Å². The second kappa shape index (κ2) is 6.58. The Hall–Kier alpha value is -1.65. The van der Waals surface area contributed by atoms with Crippen LogP contribution in [0.3, 0.4) is 0 Å². The Kier molecular flexibility index (Phi) is 4.42. The second-order valence-corrected chi connectivity index (χ2v) is 8.06. The number of anilines is 1. The van der Waals surface area contributed by atoms with Crippen molar-refractivity contribution >= 4 is 27.5 Å². The van der Waals surface area contributed by atoms with Crippen molar-refractivity contribution in [1.29, 1.82) is 0 Å². The van der Waals surface area contributed by atoms with Gasteiger partial charge in [0, 0.05) is 16.5 Å². The molecule has 4 heteroatoms. The fraction of sp³-hybridized carbons (Fsp3) is 0.381. The van der Waals surface area contributed by atoms with Crippen LogP contribution in [0.1, 0.15) is 36.8 Å². The maximum absolute atomic E-state index is 11.8. The summed E-state index contributed by atoms with van der Waals surface area (Å²) in [5.41, 5.74) is 2.20. The van der Waals surface area contributed by atoms with Gasteiger partial charge < -0.3 is 5.11 Å². The minimum atomic E-state index is -1.02. The van der Waals surface area contributed by atoms with E-state index >= 15 is 0 Å². The number of nitrogens with zero attached hydrogens (tertiary/aromatic N) is 2. The molecule has 1 atom stereocenters. The van der Waals surface area contributed by atoms with Crippen LogP contribution >= 0.6 is 15.9 Å². The van der Waals surface area contributed by atoms with Gasteiger partial charge in [-0.15, -0.1) is 0 Å². The highest BCUT2D eigenvalue weighted by molar-refractivity contribution is 9.10. The standard InChI is InChI=1S/C21H24BrN2O/c1-16-6-8-17(9-7-16)21(25)15-23-14-4-2-3-5-20(23)24(21)19-12-10-18(22)11-13-19/h6-13,25H,2-5,14-15H2,1H3/q+1. The molecule has 2 aromatic carbocycles. The third-order valence-electron chi connectivity index (χ3n) is 5.33. The molecular formula is C21H24BrN2O+. The maximum atomic E-state index is 11.8. The summed E-state index contributed by atoms with van der Waals surface area (Å²) in [7, 11) is 0. The van der Waals surface area contributed by atoms with Crippen LogP contribution in [0.5, 0.6) is 0 Å². The van der Waals surface area contributed by atoms with Crippen LogP contribution in [0.25, 0.3) is 0 Å². The number of aliphatic hydroxyl groups is 1. The van der Waals surface area contributed by atoms with Crippen molar-refractivity contribution in [2.75, 3.05) is 18.0 Å². The number of halogens is 1. The molecule has 2 aliphatic rings. The van der Waals surface area contributed by atoms with Gasteiger partial charge in [0.2, 0.25) is 0 Å². The highest BCUT2D eigenvalue weighted by Crippen LogP contribution is 2.38. The van der Waals surface area contributed by atoms with E-state index in [4.69, 9.17) is 0 Å². The van der Waals surface area contributed by atoms with Gasteiger partial charge in [-0.2, -0.15) is 4.90 Å². The van der Waals surface area contributed by atoms with Crippen LogP contribution < -0.4 is 4.90 Å². The molecule has 0 fully saturated rings. The van der Waals surface area contributed by atoms with Crippen molar-refractivity contribution < 1.29 is 9.68 Å². The lowest BCUT2D eigenvalue weighted by molar-refractivity contribution is -0.534. The van der Waals surface area contributed by atoms with E-state index in [1.807, 2.05) is 12.1 Å². The molecule has 0 saturated carbocycles. The monoisotopic (exact) mass is 399 g/mol. The Morgan fingerprint density at radius 1 is 1.00 bits per heavy atom. The molecule has 0 saturated heterocycles. The molecule has 0 amide bonds. The summed E-state index contributed by atoms with van der Waals surface area (Å²) in [5, 5.41) is 11.8. The quantitative estimate of drug-likeness (QED) is 0.756. The molecule has 3 nitrogen and oxygen atoms in total. The fourth-order valence-corrected chi connectivity index (χ4v) is 4.28. The molecule has 1 unspecified atom stereocenters. The molecular weight excluding hydrogens is 376 g/mol. The van der Waals surface area contributed by atoms with Crippen LogP contribution in [0.2, 0.25) is 0 Å². The SMILES string of the molecule is Cc1ccc(C2(O)C[N+]3=C(CCCCC3)N2c2ccc(Br)cc2)cc1. The predicted octanol–water partition coefficient (Wildman–Crippen LogP) is 4.41. The molecule has 0 aliphatic carbocycles. The number of hydrogen-bond donors (Lipinski definition) is 1. The van der Waals surface area contributed by atoms with E-state index < -0.39 is 5.72 Å². The van der Waals surface area contributed by atoms with Gasteiger partial charge in [0.25, 0.3) is 11.6 Å². The van der Waals surface area contributed by atoms with Crippen molar-refractivity contribution in [3.63, 3.8) is 0 Å². The van der Waals surface area contributed by atoms with Gasteiger partial charge in [-0.05, 0) is 50.5 Å². The van der Waals surface area contributed by atoms with Gasteiger partial charge in [-0.3, -0.25) is 4.58 Å². The summed E-state index contributed by atoms with van der Waals surface area (Å²) >= 11 is 3.52. The van der Waals surface area contributed by atoms with Crippen LogP contribution in [0.15, 0.2) is 53.0 Å². The molecule has 1 N–H and O–H groups in total. The summed E-state index contributed by atoms with van der Waals surface area (Å²) in [5.74, 6) is 1.25. The number of amidine groups is 1. The van der Waals surface area contributed by atoms with Crippen molar-refractivity contribution in [2.24, 2.45) is 0 Å². The lowest BCUT2D eigenvalue weighted by atomic mass is 9.99. The zero-order chi connectivity index (χ0) is 17.4. The van der Waals surface area contributed by atoms with Crippen LogP contribution in [0.4, 0.5) is 5.69 Å². The average Bonchev–Trinajstić information content (AvgIpc) is 2.74. The predicted molar refractivity (Wildman–Crippen MR) is 105 cm³/mol. The zero-order valence-electron chi connectivity index (χ0n) is 14.6. The summed E-state index contributed by atoms with van der Waals surface area (Å²) < 4.78 is 3.44. The van der Waals surface area contributed by atoms with Gasteiger partial charge >= 0.3 is 0 Å². The van der Waals surface area contributed by atoms with Gasteiger partial charge in [-0.25, -0.2) is 0 Å². The van der Waals surface area contributed by atoms with Crippen molar-refractivity contribution in [2.45, 2.75) is 38.3 Å². The number of aryl methyl sites for hydroxylation is 1. The molecule has 0 radical (unpaired) electrons. The van der Waals surface area contributed by atoms with E-state index in [1.54, 1.807) is 0 Å². The smallest absolute Gasteiger partial charge is 0.275 e. The Morgan fingerprint density at radius 2 is 1.72 bits per heavy atom. The summed E-state index contributed by atoms with van der Waals surface area (Å²) in [6.07, 6.45) is 4.66. The summed E-state index contributed by atoms with van der Waals surface area (Å²) in [4.78, 5) is 2.16. The maximum Gasteiger partial charge on any atom is 0.275 e. The molecule has 25 heavy (non-hydrogen) atoms. The van der Waals surface area contributed by atoms with E-state index in [9.17, 15) is 5.11 Å². The fourth-order valence-electron chi connectivity index (χ4n) is 4.02. The second-order valence-electron chi connectivity index (χ2n) is 7.14. The average molecular weight is 400 g/mol. The number of hydrogen-bond acceptors (Lipinski definition) is 2. The lowest BCUT2D eigenvalue weighted by Crippen LogP contribution is -2.47. The Bertz CT molecular complexity index is 798. The first-order valence-corrected chi connectivity index (χ1v) is 9.83. The normalized spacial score (nSPS) is 23.6. The number of rotatable bonds is 2. The largest absolute Gasteiger partial charge is 0.346 e. The highest BCUT2D eigenvalue weighted by Gasteiger charge is 2.53. The lowest BCUT2D eigenvalue weighted by Gasteiger charge is -2.29. The topological polar surface area (TPSA) is 26.5 Å². The first kappa shape index (κ1) is 16.8. The summed E-state index contributed by atoms with van der Waals surface area (Å²) in [6.45, 7) is 3.73. The number of benzene rings is 2. The third-order valence-corrected chi connectivity index (χ3v) is 5.86. The molecule has 2 aliphatic heterocycles. The van der Waals surface area contributed by atoms with Gasteiger partial charge in [0.05, 0.1) is 6.54 Å². The zero-order valence-corrected chi connectivity index (χ0v) is 16.2. The minimum absolute atomic E-state index is 0.626. The molecule has 4 rings (SSSR count). The van der Waals surface area contributed by atoms with Gasteiger partial charge in [-0.1, -0.05) is 45.8 Å². The Balaban J connectivity index is 1.83. The molecule has 0 spiro atoms. The molecule has 0 aromatic heterocycles. The molecule has 130 valence electrons. The van der Waals surface area contributed by atoms with Crippen LogP contribution in [-0.2, 0) is 5.72 Å². The van der Waals surface area contributed by atoms with Crippen molar-refractivity contribution in [3.05, 3.63) is 64.1 Å². The summed E-state index contributed by atoms with van der Waals surface area (Å²) in [6, 6.07) is 16.6. The molecule has 2 heterocycles. The van der Waals surface area contributed by atoms with Crippen molar-refractivity contribution in [3.8, 4) is 0 Å². The van der Waals surface area contributed by atoms with Gasteiger partial charge in [0.15, 0.2) is 6.54 Å². The first-order valence-electron chi connectivity index (χ1n) is 9.04. The van der Waals surface area contributed by atoms with Gasteiger partial charge in [0.1, 0.15) is 5.69 Å².